The van der Waals surface area contributed by atoms with Crippen LogP contribution in [0.25, 0.3) is 10.6 Å². The average molecular weight is 463 g/mol. The second kappa shape index (κ2) is 11.0. The number of carbonyl (C=O) groups excluding carboxylic acids is 1. The summed E-state index contributed by atoms with van der Waals surface area (Å²) < 4.78 is 5.87. The van der Waals surface area contributed by atoms with Gasteiger partial charge < -0.3 is 10.1 Å². The summed E-state index contributed by atoms with van der Waals surface area (Å²) >= 11 is 7.75. The van der Waals surface area contributed by atoms with Crippen molar-refractivity contribution in [3.8, 4) is 10.6 Å². The summed E-state index contributed by atoms with van der Waals surface area (Å²) in [6.07, 6.45) is 0.230. The Bertz CT molecular complexity index is 1180. The summed E-state index contributed by atoms with van der Waals surface area (Å²) in [6.45, 7) is 1.50. The van der Waals surface area contributed by atoms with E-state index in [1.54, 1.807) is 0 Å². The highest BCUT2D eigenvalue weighted by molar-refractivity contribution is 7.13. The van der Waals surface area contributed by atoms with Gasteiger partial charge in [-0.1, -0.05) is 84.4 Å². The van der Waals surface area contributed by atoms with Crippen molar-refractivity contribution >= 4 is 28.8 Å². The zero-order valence-electron chi connectivity index (χ0n) is 17.5. The topological polar surface area (TPSA) is 51.2 Å². The number of nitrogens with one attached hydrogen (secondary N) is 1. The van der Waals surface area contributed by atoms with Crippen LogP contribution < -0.4 is 5.32 Å². The number of aromatic nitrogens is 1. The molecule has 0 radical (unpaired) electrons. The van der Waals surface area contributed by atoms with Crippen molar-refractivity contribution in [2.24, 2.45) is 0 Å². The second-order valence-electron chi connectivity index (χ2n) is 7.32. The van der Waals surface area contributed by atoms with Crippen LogP contribution in [0.5, 0.6) is 0 Å². The first-order valence-corrected chi connectivity index (χ1v) is 11.6. The third-order valence-corrected chi connectivity index (χ3v) is 6.22. The first-order chi connectivity index (χ1) is 15.7. The minimum absolute atomic E-state index is 0.0685. The summed E-state index contributed by atoms with van der Waals surface area (Å²) in [7, 11) is 0. The molecular formula is C26H23ClN2O2S. The smallest absolute Gasteiger partial charge is 0.226 e. The quantitative estimate of drug-likeness (QED) is 0.330. The maximum atomic E-state index is 12.5. The highest BCUT2D eigenvalue weighted by atomic mass is 35.5. The lowest BCUT2D eigenvalue weighted by Gasteiger charge is -2.11. The minimum Gasteiger partial charge on any atom is -0.372 e. The van der Waals surface area contributed by atoms with Gasteiger partial charge in [-0.3, -0.25) is 4.79 Å². The zero-order chi connectivity index (χ0) is 22.2. The van der Waals surface area contributed by atoms with Crippen LogP contribution in [-0.2, 0) is 35.7 Å². The van der Waals surface area contributed by atoms with Gasteiger partial charge in [-0.2, -0.15) is 0 Å². The molecule has 4 rings (SSSR count). The van der Waals surface area contributed by atoms with Crippen LogP contribution in [0, 0.1) is 0 Å². The van der Waals surface area contributed by atoms with Gasteiger partial charge in [-0.15, -0.1) is 11.3 Å². The van der Waals surface area contributed by atoms with Gasteiger partial charge >= 0.3 is 0 Å². The minimum atomic E-state index is -0.0685. The van der Waals surface area contributed by atoms with E-state index in [2.05, 4.69) is 10.3 Å². The molecule has 162 valence electrons. The Kier molecular flexibility index (Phi) is 7.67. The van der Waals surface area contributed by atoms with Crippen LogP contribution in [0.3, 0.4) is 0 Å². The first-order valence-electron chi connectivity index (χ1n) is 10.3. The summed E-state index contributed by atoms with van der Waals surface area (Å²) in [5, 5.41) is 6.38. The zero-order valence-corrected chi connectivity index (χ0v) is 19.0. The second-order valence-corrected chi connectivity index (χ2v) is 8.59. The van der Waals surface area contributed by atoms with Crippen molar-refractivity contribution in [3.05, 3.63) is 112 Å². The largest absolute Gasteiger partial charge is 0.372 e. The van der Waals surface area contributed by atoms with Crippen molar-refractivity contribution < 1.29 is 9.53 Å². The van der Waals surface area contributed by atoms with E-state index in [0.717, 1.165) is 33.0 Å². The SMILES string of the molecule is O=C(Cc1csc(-c2ccccc2Cl)n1)NCc1ccccc1COCc1ccccc1. The molecule has 4 nitrogen and oxygen atoms in total. The third kappa shape index (κ3) is 6.04. The van der Waals surface area contributed by atoms with Crippen molar-refractivity contribution in [1.29, 1.82) is 0 Å². The molecule has 0 aliphatic rings. The standard InChI is InChI=1S/C26H23ClN2O2S/c27-24-13-7-6-12-23(24)26-29-22(18-32-26)14-25(30)28-15-20-10-4-5-11-21(20)17-31-16-19-8-2-1-3-9-19/h1-13,18H,14-17H2,(H,28,30). The van der Waals surface area contributed by atoms with Crippen LogP contribution in [0.1, 0.15) is 22.4 Å². The Balaban J connectivity index is 1.30. The monoisotopic (exact) mass is 462 g/mol. The number of carbonyl (C=O) groups is 1. The molecule has 1 aromatic heterocycles. The van der Waals surface area contributed by atoms with E-state index >= 15 is 0 Å². The molecule has 32 heavy (non-hydrogen) atoms. The Morgan fingerprint density at radius 3 is 2.44 bits per heavy atom. The molecule has 3 aromatic carbocycles. The molecule has 4 aromatic rings. The lowest BCUT2D eigenvalue weighted by molar-refractivity contribution is -0.120. The number of hydrogen-bond acceptors (Lipinski definition) is 4. The van der Waals surface area contributed by atoms with Gasteiger partial charge in [0, 0.05) is 17.5 Å². The highest BCUT2D eigenvalue weighted by Crippen LogP contribution is 2.30. The number of thiazole rings is 1. The molecule has 0 spiro atoms. The summed E-state index contributed by atoms with van der Waals surface area (Å²) in [4.78, 5) is 17.1. The van der Waals surface area contributed by atoms with E-state index in [4.69, 9.17) is 16.3 Å². The lowest BCUT2D eigenvalue weighted by atomic mass is 10.1. The maximum Gasteiger partial charge on any atom is 0.226 e. The Morgan fingerprint density at radius 1 is 0.906 bits per heavy atom. The number of hydrogen-bond donors (Lipinski definition) is 1. The number of nitrogens with zero attached hydrogens (tertiary/aromatic N) is 1. The maximum absolute atomic E-state index is 12.5. The first kappa shape index (κ1) is 22.2. The van der Waals surface area contributed by atoms with Gasteiger partial charge in [0.05, 0.1) is 30.4 Å². The molecule has 0 aliphatic heterocycles. The van der Waals surface area contributed by atoms with E-state index in [1.807, 2.05) is 84.2 Å². The molecule has 6 heteroatoms. The van der Waals surface area contributed by atoms with Crippen LogP contribution in [0.15, 0.2) is 84.2 Å². The van der Waals surface area contributed by atoms with Gasteiger partial charge in [0.25, 0.3) is 0 Å². The van der Waals surface area contributed by atoms with Gasteiger partial charge in [0.15, 0.2) is 0 Å². The molecule has 0 saturated heterocycles. The molecule has 0 saturated carbocycles. The molecule has 1 N–H and O–H groups in total. The van der Waals surface area contributed by atoms with Gasteiger partial charge in [-0.25, -0.2) is 4.98 Å². The van der Waals surface area contributed by atoms with Crippen LogP contribution in [0.4, 0.5) is 0 Å². The molecule has 0 aliphatic carbocycles. The number of rotatable bonds is 9. The van der Waals surface area contributed by atoms with E-state index in [9.17, 15) is 4.79 Å². The summed E-state index contributed by atoms with van der Waals surface area (Å²) in [5.74, 6) is -0.0685. The highest BCUT2D eigenvalue weighted by Gasteiger charge is 2.11. The number of benzene rings is 3. The van der Waals surface area contributed by atoms with Crippen LogP contribution in [0.2, 0.25) is 5.02 Å². The third-order valence-electron chi connectivity index (χ3n) is 4.96. The Hall–Kier alpha value is -2.99. The van der Waals surface area contributed by atoms with Crippen molar-refractivity contribution in [2.75, 3.05) is 0 Å². The van der Waals surface area contributed by atoms with Crippen molar-refractivity contribution in [1.82, 2.24) is 10.3 Å². The molecule has 1 amide bonds. The summed E-state index contributed by atoms with van der Waals surface area (Å²) in [5.41, 5.74) is 4.87. The predicted molar refractivity (Wildman–Crippen MR) is 129 cm³/mol. The molecule has 0 fully saturated rings. The molecule has 0 bridgehead atoms. The summed E-state index contributed by atoms with van der Waals surface area (Å²) in [6, 6.07) is 25.7. The van der Waals surface area contributed by atoms with Crippen molar-refractivity contribution in [2.45, 2.75) is 26.2 Å². The molecule has 0 atom stereocenters. The van der Waals surface area contributed by atoms with Crippen LogP contribution >= 0.6 is 22.9 Å². The number of amides is 1. The normalized spacial score (nSPS) is 10.8. The lowest BCUT2D eigenvalue weighted by Crippen LogP contribution is -2.25. The number of ether oxygens (including phenoxy) is 1. The van der Waals surface area contributed by atoms with Crippen LogP contribution in [-0.4, -0.2) is 10.9 Å². The fraction of sp³-hybridized carbons (Fsp3) is 0.154. The van der Waals surface area contributed by atoms with E-state index in [0.29, 0.717) is 24.8 Å². The average Bonchev–Trinajstić information content (AvgIpc) is 3.27. The van der Waals surface area contributed by atoms with Crippen molar-refractivity contribution in [3.63, 3.8) is 0 Å². The molecular weight excluding hydrogens is 440 g/mol. The van der Waals surface area contributed by atoms with E-state index in [1.165, 1.54) is 11.3 Å². The fourth-order valence-corrected chi connectivity index (χ4v) is 4.43. The van der Waals surface area contributed by atoms with E-state index < -0.39 is 0 Å². The van der Waals surface area contributed by atoms with Gasteiger partial charge in [0.1, 0.15) is 5.01 Å². The van der Waals surface area contributed by atoms with Gasteiger partial charge in [0.2, 0.25) is 5.91 Å². The Morgan fingerprint density at radius 2 is 1.62 bits per heavy atom. The molecule has 1 heterocycles. The fourth-order valence-electron chi connectivity index (χ4n) is 3.29. The number of halogens is 1. The molecule has 0 unspecified atom stereocenters. The van der Waals surface area contributed by atoms with Gasteiger partial charge in [-0.05, 0) is 22.8 Å². The predicted octanol–water partition coefficient (Wildman–Crippen LogP) is 6.04. The van der Waals surface area contributed by atoms with E-state index in [-0.39, 0.29) is 12.3 Å². The Labute approximate surface area is 196 Å².